The summed E-state index contributed by atoms with van der Waals surface area (Å²) < 4.78 is 0. The predicted octanol–water partition coefficient (Wildman–Crippen LogP) is -0.00820. The van der Waals surface area contributed by atoms with E-state index < -0.39 is 0 Å². The summed E-state index contributed by atoms with van der Waals surface area (Å²) in [5, 5.41) is 6.50. The van der Waals surface area contributed by atoms with Crippen molar-refractivity contribution in [3.05, 3.63) is 0 Å². The zero-order valence-corrected chi connectivity index (χ0v) is 18.5. The molecule has 0 aliphatic carbocycles. The minimum Gasteiger partial charge on any atom is -0.339 e. The summed E-state index contributed by atoms with van der Waals surface area (Å²) in [6.45, 7) is 21.4. The molecular weight excluding hydrogens is 340 g/mol. The van der Waals surface area contributed by atoms with Crippen LogP contribution in [0, 0.1) is 0 Å². The van der Waals surface area contributed by atoms with Crippen molar-refractivity contribution < 1.29 is 4.79 Å². The Balaban J connectivity index is 2.82. The highest BCUT2D eigenvalue weighted by molar-refractivity contribution is 5.82. The third-order valence-corrected chi connectivity index (χ3v) is 5.74. The van der Waals surface area contributed by atoms with E-state index in [9.17, 15) is 4.79 Å². The molecule has 1 saturated heterocycles. The molecule has 0 radical (unpaired) electrons. The molecular formula is C20H44N6O. The van der Waals surface area contributed by atoms with Crippen molar-refractivity contribution in [1.82, 2.24) is 30.2 Å². The summed E-state index contributed by atoms with van der Waals surface area (Å²) in [6.07, 6.45) is 0. The van der Waals surface area contributed by atoms with Gasteiger partial charge in [0, 0.05) is 58.9 Å². The van der Waals surface area contributed by atoms with Gasteiger partial charge in [-0.15, -0.1) is 0 Å². The number of nitrogens with zero attached hydrogens (tertiary/aromatic N) is 4. The highest BCUT2D eigenvalue weighted by atomic mass is 16.2. The van der Waals surface area contributed by atoms with Crippen LogP contribution in [-0.4, -0.2) is 124 Å². The Morgan fingerprint density at radius 1 is 0.778 bits per heavy atom. The Hall–Kier alpha value is -0.730. The Kier molecular flexibility index (Phi) is 12.9. The van der Waals surface area contributed by atoms with Gasteiger partial charge < -0.3 is 30.2 Å². The molecule has 1 amide bonds. The number of hydrogen-bond donors (Lipinski definition) is 2. The van der Waals surface area contributed by atoms with Gasteiger partial charge >= 0.3 is 0 Å². The van der Waals surface area contributed by atoms with Gasteiger partial charge in [0.25, 0.3) is 0 Å². The van der Waals surface area contributed by atoms with Gasteiger partial charge in [-0.25, -0.2) is 0 Å². The quantitative estimate of drug-likeness (QED) is 0.614. The largest absolute Gasteiger partial charge is 0.339 e. The minimum absolute atomic E-state index is 0.154. The van der Waals surface area contributed by atoms with Crippen LogP contribution in [0.25, 0.3) is 0 Å². The van der Waals surface area contributed by atoms with Crippen LogP contribution in [0.2, 0.25) is 0 Å². The van der Waals surface area contributed by atoms with Crippen LogP contribution in [0.5, 0.6) is 0 Å². The Morgan fingerprint density at radius 2 is 1.19 bits per heavy atom. The number of nitrogens with one attached hydrogen (secondary N) is 2. The summed E-state index contributed by atoms with van der Waals surface area (Å²) in [5.74, 6) is 0.220. The summed E-state index contributed by atoms with van der Waals surface area (Å²) in [6, 6.07) is -0.154. The molecule has 1 atom stereocenters. The number of rotatable bonds is 8. The molecule has 7 nitrogen and oxygen atoms in total. The lowest BCUT2D eigenvalue weighted by atomic mass is 10.2. The first-order valence-electron chi connectivity index (χ1n) is 10.9. The molecule has 1 fully saturated rings. The Morgan fingerprint density at radius 3 is 1.52 bits per heavy atom. The van der Waals surface area contributed by atoms with Gasteiger partial charge in [-0.05, 0) is 33.2 Å². The molecule has 7 heteroatoms. The average Bonchev–Trinajstić information content (AvgIpc) is 2.69. The fourth-order valence-corrected chi connectivity index (χ4v) is 3.53. The summed E-state index contributed by atoms with van der Waals surface area (Å²) in [7, 11) is 1.88. The van der Waals surface area contributed by atoms with Crippen molar-refractivity contribution in [1.29, 1.82) is 0 Å². The van der Waals surface area contributed by atoms with Crippen LogP contribution < -0.4 is 10.6 Å². The van der Waals surface area contributed by atoms with Gasteiger partial charge in [0.1, 0.15) is 0 Å². The molecule has 1 rings (SSSR count). The van der Waals surface area contributed by atoms with Crippen molar-refractivity contribution in [2.75, 3.05) is 92.1 Å². The third kappa shape index (κ3) is 8.87. The smallest absolute Gasteiger partial charge is 0.241 e. The van der Waals surface area contributed by atoms with Crippen LogP contribution in [0.15, 0.2) is 0 Å². The molecule has 2 N–H and O–H groups in total. The number of carbonyl (C=O) groups is 1. The fraction of sp³-hybridized carbons (Fsp3) is 0.950. The lowest BCUT2D eigenvalue weighted by Gasteiger charge is -2.34. The zero-order chi connectivity index (χ0) is 20.1. The third-order valence-electron chi connectivity index (χ3n) is 5.74. The van der Waals surface area contributed by atoms with E-state index in [2.05, 4.69) is 57.9 Å². The molecule has 1 unspecified atom stereocenters. The topological polar surface area (TPSA) is 54.1 Å². The standard InChI is InChI=1S/C20H44N6O/c1-6-22-18-19(21-5)20(27)26-16-14-24(8-3)12-10-23(7-2)11-13-25(9-4)15-17-26/h19,21-22H,6-18H2,1-5H3. The first kappa shape index (κ1) is 24.3. The molecule has 0 bridgehead atoms. The Labute approximate surface area is 167 Å². The van der Waals surface area contributed by atoms with Crippen LogP contribution in [0.1, 0.15) is 27.7 Å². The van der Waals surface area contributed by atoms with Crippen molar-refractivity contribution in [2.45, 2.75) is 33.7 Å². The maximum atomic E-state index is 13.1. The van der Waals surface area contributed by atoms with Gasteiger partial charge in [0.2, 0.25) is 5.91 Å². The highest BCUT2D eigenvalue weighted by Crippen LogP contribution is 2.02. The SMILES string of the molecule is CCNCC(NC)C(=O)N1CCN(CC)CCN(CC)CCN(CC)CC1. The van der Waals surface area contributed by atoms with Gasteiger partial charge in [0.15, 0.2) is 0 Å². The van der Waals surface area contributed by atoms with E-state index in [1.807, 2.05) is 7.05 Å². The summed E-state index contributed by atoms with van der Waals surface area (Å²) >= 11 is 0. The van der Waals surface area contributed by atoms with Crippen LogP contribution in [-0.2, 0) is 4.79 Å². The molecule has 0 aromatic heterocycles. The van der Waals surface area contributed by atoms with Crippen molar-refractivity contribution >= 4 is 5.91 Å². The summed E-state index contributed by atoms with van der Waals surface area (Å²) in [5.41, 5.74) is 0. The van der Waals surface area contributed by atoms with E-state index in [1.54, 1.807) is 0 Å². The van der Waals surface area contributed by atoms with E-state index in [0.29, 0.717) is 6.54 Å². The number of hydrogen-bond acceptors (Lipinski definition) is 6. The minimum atomic E-state index is -0.154. The van der Waals surface area contributed by atoms with E-state index in [1.165, 1.54) is 0 Å². The zero-order valence-electron chi connectivity index (χ0n) is 18.5. The molecule has 27 heavy (non-hydrogen) atoms. The van der Waals surface area contributed by atoms with Crippen molar-refractivity contribution in [3.63, 3.8) is 0 Å². The van der Waals surface area contributed by atoms with Crippen molar-refractivity contribution in [2.24, 2.45) is 0 Å². The molecule has 1 aliphatic rings. The lowest BCUT2D eigenvalue weighted by Crippen LogP contribution is -2.54. The first-order chi connectivity index (χ1) is 13.1. The van der Waals surface area contributed by atoms with Crippen LogP contribution in [0.4, 0.5) is 0 Å². The van der Waals surface area contributed by atoms with Gasteiger partial charge in [-0.2, -0.15) is 0 Å². The normalized spacial score (nSPS) is 20.9. The predicted molar refractivity (Wildman–Crippen MR) is 114 cm³/mol. The van der Waals surface area contributed by atoms with Gasteiger partial charge in [0.05, 0.1) is 6.04 Å². The molecule has 1 heterocycles. The van der Waals surface area contributed by atoms with Crippen molar-refractivity contribution in [3.8, 4) is 0 Å². The van der Waals surface area contributed by atoms with Gasteiger partial charge in [-0.3, -0.25) is 4.79 Å². The Bertz CT molecular complexity index is 375. The number of likely N-dealkylation sites (N-methyl/N-ethyl adjacent to an activating group) is 5. The van der Waals surface area contributed by atoms with E-state index in [4.69, 9.17) is 0 Å². The second-order valence-corrected chi connectivity index (χ2v) is 7.28. The van der Waals surface area contributed by atoms with E-state index >= 15 is 0 Å². The molecule has 0 aromatic carbocycles. The highest BCUT2D eigenvalue weighted by Gasteiger charge is 2.24. The van der Waals surface area contributed by atoms with E-state index in [-0.39, 0.29) is 11.9 Å². The molecule has 1 aliphatic heterocycles. The molecule has 0 spiro atoms. The average molecular weight is 385 g/mol. The second-order valence-electron chi connectivity index (χ2n) is 7.28. The maximum Gasteiger partial charge on any atom is 0.241 e. The maximum absolute atomic E-state index is 13.1. The first-order valence-corrected chi connectivity index (χ1v) is 10.9. The number of amides is 1. The number of carbonyl (C=O) groups excluding carboxylic acids is 1. The van der Waals surface area contributed by atoms with Crippen LogP contribution >= 0.6 is 0 Å². The lowest BCUT2D eigenvalue weighted by molar-refractivity contribution is -0.133. The molecule has 160 valence electrons. The van der Waals surface area contributed by atoms with Crippen LogP contribution in [0.3, 0.4) is 0 Å². The van der Waals surface area contributed by atoms with Gasteiger partial charge in [-0.1, -0.05) is 27.7 Å². The monoisotopic (exact) mass is 384 g/mol. The second kappa shape index (κ2) is 14.3. The summed E-state index contributed by atoms with van der Waals surface area (Å²) in [4.78, 5) is 22.7. The fourth-order valence-electron chi connectivity index (χ4n) is 3.53. The van der Waals surface area contributed by atoms with E-state index in [0.717, 1.165) is 78.5 Å². The molecule has 0 aromatic rings. The molecule has 0 saturated carbocycles.